The van der Waals surface area contributed by atoms with E-state index >= 15 is 0 Å². The topological polar surface area (TPSA) is 66.5 Å². The average Bonchev–Trinajstić information content (AvgIpc) is 2.71. The number of oxazole rings is 1. The van der Waals surface area contributed by atoms with Crippen LogP contribution in [0.15, 0.2) is 28.7 Å². The van der Waals surface area contributed by atoms with Gasteiger partial charge in [-0.05, 0) is 43.5 Å². The zero-order valence-corrected chi connectivity index (χ0v) is 11.2. The summed E-state index contributed by atoms with van der Waals surface area (Å²) in [4.78, 5) is 4.27. The number of aromatic nitrogens is 1. The fourth-order valence-electron chi connectivity index (χ4n) is 1.65. The van der Waals surface area contributed by atoms with Gasteiger partial charge in [-0.1, -0.05) is 12.1 Å². The Morgan fingerprint density at radius 1 is 1.33 bits per heavy atom. The number of hydrogen-bond acceptors (Lipinski definition) is 4. The van der Waals surface area contributed by atoms with Crippen LogP contribution in [0.5, 0.6) is 0 Å². The highest BCUT2D eigenvalue weighted by atomic mass is 32.1. The number of nitrogens with zero attached hydrogens (tertiary/aromatic N) is 1. The maximum absolute atomic E-state index is 9.66. The summed E-state index contributed by atoms with van der Waals surface area (Å²) >= 11 is 9.48. The van der Waals surface area contributed by atoms with Crippen LogP contribution in [-0.4, -0.2) is 25.3 Å². The summed E-state index contributed by atoms with van der Waals surface area (Å²) in [5, 5.41) is 18.4. The van der Waals surface area contributed by atoms with E-state index in [2.05, 4.69) is 17.2 Å². The highest BCUT2D eigenvalue weighted by Crippen LogP contribution is 2.31. The molecule has 1 aromatic carbocycles. The summed E-state index contributed by atoms with van der Waals surface area (Å²) in [6.07, 6.45) is -0.00944. The van der Waals surface area contributed by atoms with Gasteiger partial charge in [0.1, 0.15) is 10.9 Å². The number of hydrogen-bond donors (Lipinski definition) is 2. The van der Waals surface area contributed by atoms with Crippen LogP contribution in [0.2, 0.25) is 0 Å². The second-order valence-corrected chi connectivity index (χ2v) is 5.05. The largest absolute Gasteiger partial charge is 0.502 e. The van der Waals surface area contributed by atoms with Crippen LogP contribution in [0, 0.1) is 0 Å². The van der Waals surface area contributed by atoms with Gasteiger partial charge in [0.15, 0.2) is 15.7 Å². The summed E-state index contributed by atoms with van der Waals surface area (Å²) in [7, 11) is 0. The van der Waals surface area contributed by atoms with Crippen LogP contribution in [0.3, 0.4) is 0 Å². The van der Waals surface area contributed by atoms with Gasteiger partial charge in [-0.3, -0.25) is 0 Å². The van der Waals surface area contributed by atoms with E-state index in [9.17, 15) is 10.2 Å². The lowest BCUT2D eigenvalue weighted by Gasteiger charge is -2.21. The third-order valence-electron chi connectivity index (χ3n) is 2.74. The SMILES string of the molecule is CC(CC(O)=S)(C(O)=S)c1nc2ccccc2o1. The molecule has 1 unspecified atom stereocenters. The van der Waals surface area contributed by atoms with E-state index in [1.54, 1.807) is 19.1 Å². The van der Waals surface area contributed by atoms with Crippen molar-refractivity contribution >= 4 is 45.6 Å². The van der Waals surface area contributed by atoms with E-state index in [1.807, 2.05) is 12.1 Å². The number of aliphatic hydroxyl groups is 2. The van der Waals surface area contributed by atoms with Gasteiger partial charge in [-0.2, -0.15) is 0 Å². The molecule has 0 aliphatic carbocycles. The highest BCUT2D eigenvalue weighted by molar-refractivity contribution is 7.80. The van der Waals surface area contributed by atoms with E-state index in [0.29, 0.717) is 11.1 Å². The number of aliphatic hydroxyl groups excluding tert-OH is 2. The predicted molar refractivity (Wildman–Crippen MR) is 76.4 cm³/mol. The van der Waals surface area contributed by atoms with Crippen molar-refractivity contribution in [1.82, 2.24) is 4.98 Å². The molecule has 2 rings (SSSR count). The minimum Gasteiger partial charge on any atom is -0.502 e. The minimum atomic E-state index is -1.10. The van der Waals surface area contributed by atoms with E-state index in [4.69, 9.17) is 16.6 Å². The fourth-order valence-corrected chi connectivity index (χ4v) is 2.10. The van der Waals surface area contributed by atoms with Crippen molar-refractivity contribution < 1.29 is 14.6 Å². The Labute approximate surface area is 114 Å². The van der Waals surface area contributed by atoms with Gasteiger partial charge in [-0.15, -0.1) is 0 Å². The lowest BCUT2D eigenvalue weighted by atomic mass is 9.88. The second kappa shape index (κ2) is 4.62. The molecule has 0 saturated carbocycles. The van der Waals surface area contributed by atoms with Gasteiger partial charge >= 0.3 is 0 Å². The molecule has 0 amide bonds. The van der Waals surface area contributed by atoms with Crippen LogP contribution in [0.1, 0.15) is 19.2 Å². The third-order valence-corrected chi connectivity index (χ3v) is 3.34. The smallest absolute Gasteiger partial charge is 0.210 e. The summed E-state index contributed by atoms with van der Waals surface area (Å²) in [5.41, 5.74) is 0.165. The van der Waals surface area contributed by atoms with Crippen LogP contribution in [0.4, 0.5) is 0 Å². The van der Waals surface area contributed by atoms with Crippen LogP contribution in [-0.2, 0) is 5.41 Å². The maximum atomic E-state index is 9.66. The first-order chi connectivity index (χ1) is 8.43. The summed E-state index contributed by atoms with van der Waals surface area (Å²) in [6.45, 7) is 1.63. The molecule has 1 atom stereocenters. The number of thiocarbonyl (C=S) groups is 2. The average molecular weight is 281 g/mol. The number of fused-ring (bicyclic) bond motifs is 1. The van der Waals surface area contributed by atoms with Gasteiger partial charge in [0, 0.05) is 6.42 Å². The Bertz CT molecular complexity index is 590. The minimum absolute atomic E-state index is 0.00944. The molecule has 4 nitrogen and oxygen atoms in total. The first-order valence-electron chi connectivity index (χ1n) is 5.25. The van der Waals surface area contributed by atoms with Crippen LogP contribution in [0.25, 0.3) is 11.1 Å². The summed E-state index contributed by atoms with van der Waals surface area (Å²) in [5.74, 6) is 0.243. The van der Waals surface area contributed by atoms with Crippen molar-refractivity contribution in [2.75, 3.05) is 0 Å². The molecular weight excluding hydrogens is 270 g/mol. The molecule has 0 aliphatic rings. The van der Waals surface area contributed by atoms with Crippen molar-refractivity contribution in [2.45, 2.75) is 18.8 Å². The predicted octanol–water partition coefficient (Wildman–Crippen LogP) is 3.25. The molecule has 2 aromatic rings. The van der Waals surface area contributed by atoms with Crippen molar-refractivity contribution in [3.8, 4) is 0 Å². The summed E-state index contributed by atoms with van der Waals surface area (Å²) in [6, 6.07) is 7.22. The Balaban J connectivity index is 2.54. The Kier molecular flexibility index (Phi) is 3.32. The quantitative estimate of drug-likeness (QED) is 0.839. The Morgan fingerprint density at radius 3 is 2.56 bits per heavy atom. The van der Waals surface area contributed by atoms with Gasteiger partial charge in [0.2, 0.25) is 5.89 Å². The molecule has 0 spiro atoms. The van der Waals surface area contributed by atoms with Crippen molar-refractivity contribution in [3.05, 3.63) is 30.2 Å². The van der Waals surface area contributed by atoms with Gasteiger partial charge in [0.25, 0.3) is 0 Å². The zero-order chi connectivity index (χ0) is 13.3. The monoisotopic (exact) mass is 281 g/mol. The third kappa shape index (κ3) is 2.21. The van der Waals surface area contributed by atoms with Crippen LogP contribution < -0.4 is 0 Å². The molecule has 1 heterocycles. The molecule has 0 aliphatic heterocycles. The molecule has 0 bridgehead atoms. The molecule has 18 heavy (non-hydrogen) atoms. The number of benzene rings is 1. The first kappa shape index (κ1) is 12.9. The van der Waals surface area contributed by atoms with Crippen molar-refractivity contribution in [1.29, 1.82) is 0 Å². The molecular formula is C12H11NO3S2. The molecule has 0 fully saturated rings. The lowest BCUT2D eigenvalue weighted by Crippen LogP contribution is -2.33. The molecule has 0 saturated heterocycles. The highest BCUT2D eigenvalue weighted by Gasteiger charge is 2.38. The van der Waals surface area contributed by atoms with Gasteiger partial charge in [0.05, 0.1) is 0 Å². The molecule has 1 aromatic heterocycles. The molecule has 6 heteroatoms. The van der Waals surface area contributed by atoms with Gasteiger partial charge in [-0.25, -0.2) is 4.98 Å². The van der Waals surface area contributed by atoms with Gasteiger partial charge < -0.3 is 14.6 Å². The Hall–Kier alpha value is -1.53. The maximum Gasteiger partial charge on any atom is 0.210 e. The zero-order valence-electron chi connectivity index (χ0n) is 9.58. The molecule has 0 radical (unpaired) electrons. The van der Waals surface area contributed by atoms with E-state index in [0.717, 1.165) is 0 Å². The lowest BCUT2D eigenvalue weighted by molar-refractivity contribution is 0.386. The van der Waals surface area contributed by atoms with E-state index < -0.39 is 5.41 Å². The Morgan fingerprint density at radius 2 is 2.00 bits per heavy atom. The normalized spacial score (nSPS) is 14.3. The number of para-hydroxylation sites is 2. The van der Waals surface area contributed by atoms with Crippen molar-refractivity contribution in [3.63, 3.8) is 0 Å². The van der Waals surface area contributed by atoms with E-state index in [-0.39, 0.29) is 22.4 Å². The number of rotatable bonds is 4. The first-order valence-corrected chi connectivity index (χ1v) is 6.06. The summed E-state index contributed by atoms with van der Waals surface area (Å²) < 4.78 is 5.57. The fraction of sp³-hybridized carbons (Fsp3) is 0.250. The van der Waals surface area contributed by atoms with Crippen LogP contribution >= 0.6 is 24.4 Å². The van der Waals surface area contributed by atoms with E-state index in [1.165, 1.54) is 0 Å². The second-order valence-electron chi connectivity index (χ2n) is 4.19. The molecule has 2 N–H and O–H groups in total. The standard InChI is InChI=1S/C12H11NO3S2/c1-12(11(15)18,6-9(14)17)10-13-7-4-2-3-5-8(7)16-10/h2-5H,6H2,1H3,(H,14,17)(H,15,18). The molecule has 94 valence electrons. The van der Waals surface area contributed by atoms with Crippen molar-refractivity contribution in [2.24, 2.45) is 0 Å².